The SMILES string of the molecule is O=[N+]([O-])c1cccnc1N/N=C\c1cc(Cl)c(OCc2cccc3ccccc23)c(Br)c1. The summed E-state index contributed by atoms with van der Waals surface area (Å²) in [6.45, 7) is 0.359. The molecule has 4 aromatic rings. The largest absolute Gasteiger partial charge is 0.486 e. The first-order chi connectivity index (χ1) is 15.5. The van der Waals surface area contributed by atoms with Crippen molar-refractivity contribution < 1.29 is 9.66 Å². The van der Waals surface area contributed by atoms with Gasteiger partial charge in [0.2, 0.25) is 5.82 Å². The van der Waals surface area contributed by atoms with Crippen LogP contribution in [0.25, 0.3) is 10.8 Å². The number of anilines is 1. The number of nitro groups is 1. The lowest BCUT2D eigenvalue weighted by Gasteiger charge is -2.12. The van der Waals surface area contributed by atoms with Gasteiger partial charge in [0.1, 0.15) is 6.61 Å². The normalized spacial score (nSPS) is 11.1. The van der Waals surface area contributed by atoms with E-state index < -0.39 is 4.92 Å². The van der Waals surface area contributed by atoms with Gasteiger partial charge in [-0.2, -0.15) is 5.10 Å². The van der Waals surface area contributed by atoms with E-state index >= 15 is 0 Å². The number of halogens is 2. The average molecular weight is 512 g/mol. The minimum absolute atomic E-state index is 0.0500. The summed E-state index contributed by atoms with van der Waals surface area (Å²) in [4.78, 5) is 14.5. The molecule has 1 N–H and O–H groups in total. The molecule has 0 atom stereocenters. The van der Waals surface area contributed by atoms with Crippen molar-refractivity contribution in [2.75, 3.05) is 5.43 Å². The Balaban J connectivity index is 1.49. The Morgan fingerprint density at radius 1 is 1.16 bits per heavy atom. The van der Waals surface area contributed by atoms with Crippen molar-refractivity contribution in [2.45, 2.75) is 6.61 Å². The molecule has 0 radical (unpaired) electrons. The highest BCUT2D eigenvalue weighted by atomic mass is 79.9. The van der Waals surface area contributed by atoms with Crippen LogP contribution in [0, 0.1) is 10.1 Å². The monoisotopic (exact) mass is 510 g/mol. The first-order valence-corrected chi connectivity index (χ1v) is 10.7. The van der Waals surface area contributed by atoms with Crippen LogP contribution < -0.4 is 10.2 Å². The van der Waals surface area contributed by atoms with Gasteiger partial charge in [0, 0.05) is 12.3 Å². The summed E-state index contributed by atoms with van der Waals surface area (Å²) in [5.41, 5.74) is 4.15. The van der Waals surface area contributed by atoms with Gasteiger partial charge in [-0.3, -0.25) is 15.5 Å². The predicted molar refractivity (Wildman–Crippen MR) is 130 cm³/mol. The molecule has 0 spiro atoms. The zero-order valence-electron chi connectivity index (χ0n) is 16.5. The Morgan fingerprint density at radius 2 is 1.97 bits per heavy atom. The van der Waals surface area contributed by atoms with Crippen molar-refractivity contribution in [1.29, 1.82) is 0 Å². The van der Waals surface area contributed by atoms with Gasteiger partial charge in [0.25, 0.3) is 0 Å². The zero-order chi connectivity index (χ0) is 22.5. The molecule has 9 heteroatoms. The van der Waals surface area contributed by atoms with Crippen LogP contribution in [0.2, 0.25) is 5.02 Å². The second-order valence-electron chi connectivity index (χ2n) is 6.74. The standard InChI is InChI=1S/C23H16BrClN4O3/c24-19-11-15(13-27-28-23-21(29(30)31)9-4-10-26-23)12-20(25)22(19)32-14-17-7-3-6-16-5-1-2-8-18(16)17/h1-13H,14H2,(H,26,28)/b27-13-. The Kier molecular flexibility index (Phi) is 6.63. The molecule has 0 unspecified atom stereocenters. The number of hydrogen-bond acceptors (Lipinski definition) is 6. The Labute approximate surface area is 197 Å². The fraction of sp³-hybridized carbons (Fsp3) is 0.0435. The highest BCUT2D eigenvalue weighted by molar-refractivity contribution is 9.10. The van der Waals surface area contributed by atoms with Crippen LogP contribution >= 0.6 is 27.5 Å². The van der Waals surface area contributed by atoms with Gasteiger partial charge in [-0.05, 0) is 56.0 Å². The second kappa shape index (κ2) is 9.76. The molecule has 0 saturated carbocycles. The molecule has 0 aliphatic carbocycles. The molecule has 0 amide bonds. The molecule has 160 valence electrons. The maximum absolute atomic E-state index is 11.1. The predicted octanol–water partition coefficient (Wildman–Crippen LogP) is 6.58. The zero-order valence-corrected chi connectivity index (χ0v) is 18.9. The van der Waals surface area contributed by atoms with Crippen LogP contribution in [0.15, 0.2) is 82.5 Å². The third-order valence-electron chi connectivity index (χ3n) is 4.64. The number of ether oxygens (including phenoxy) is 1. The van der Waals surface area contributed by atoms with Crippen molar-refractivity contribution >= 4 is 56.0 Å². The average Bonchev–Trinajstić information content (AvgIpc) is 2.79. The van der Waals surface area contributed by atoms with Crippen molar-refractivity contribution in [2.24, 2.45) is 5.10 Å². The molecular formula is C23H16BrClN4O3. The smallest absolute Gasteiger partial charge is 0.313 e. The van der Waals surface area contributed by atoms with E-state index in [1.807, 2.05) is 24.3 Å². The fourth-order valence-electron chi connectivity index (χ4n) is 3.16. The number of rotatable bonds is 7. The number of benzene rings is 3. The molecule has 0 fully saturated rings. The highest BCUT2D eigenvalue weighted by Crippen LogP contribution is 2.35. The van der Waals surface area contributed by atoms with Gasteiger partial charge in [0.15, 0.2) is 5.75 Å². The van der Waals surface area contributed by atoms with Gasteiger partial charge in [0.05, 0.1) is 20.6 Å². The van der Waals surface area contributed by atoms with Crippen LogP contribution in [-0.2, 0) is 6.61 Å². The maximum atomic E-state index is 11.1. The van der Waals surface area contributed by atoms with Crippen molar-refractivity contribution in [3.8, 4) is 5.75 Å². The summed E-state index contributed by atoms with van der Waals surface area (Å²) in [5, 5.41) is 17.8. The number of pyridine rings is 1. The lowest BCUT2D eigenvalue weighted by atomic mass is 10.1. The summed E-state index contributed by atoms with van der Waals surface area (Å²) in [6.07, 6.45) is 2.93. The third-order valence-corrected chi connectivity index (χ3v) is 5.51. The minimum atomic E-state index is -0.527. The van der Waals surface area contributed by atoms with Crippen molar-refractivity contribution in [3.63, 3.8) is 0 Å². The van der Waals surface area contributed by atoms with Crippen LogP contribution in [0.5, 0.6) is 5.75 Å². The Bertz CT molecular complexity index is 1300. The van der Waals surface area contributed by atoms with Crippen LogP contribution in [0.4, 0.5) is 11.5 Å². The minimum Gasteiger partial charge on any atom is -0.486 e. The topological polar surface area (TPSA) is 89.7 Å². The van der Waals surface area contributed by atoms with E-state index in [0.717, 1.165) is 16.3 Å². The maximum Gasteiger partial charge on any atom is 0.313 e. The first-order valence-electron chi connectivity index (χ1n) is 9.50. The lowest BCUT2D eigenvalue weighted by molar-refractivity contribution is -0.384. The lowest BCUT2D eigenvalue weighted by Crippen LogP contribution is -2.00. The first kappa shape index (κ1) is 21.7. The van der Waals surface area contributed by atoms with Gasteiger partial charge >= 0.3 is 5.69 Å². The van der Waals surface area contributed by atoms with E-state index in [1.54, 1.807) is 12.1 Å². The number of hydrazone groups is 1. The third kappa shape index (κ3) is 4.87. The number of nitrogens with one attached hydrogen (secondary N) is 1. The molecule has 3 aromatic carbocycles. The second-order valence-corrected chi connectivity index (χ2v) is 8.00. The highest BCUT2D eigenvalue weighted by Gasteiger charge is 2.13. The molecule has 1 aromatic heterocycles. The summed E-state index contributed by atoms with van der Waals surface area (Å²) in [7, 11) is 0. The summed E-state index contributed by atoms with van der Waals surface area (Å²) < 4.78 is 6.67. The Morgan fingerprint density at radius 3 is 2.78 bits per heavy atom. The van der Waals surface area contributed by atoms with E-state index in [-0.39, 0.29) is 11.5 Å². The molecule has 0 bridgehead atoms. The van der Waals surface area contributed by atoms with E-state index in [2.05, 4.69) is 49.6 Å². The van der Waals surface area contributed by atoms with Crippen molar-refractivity contribution in [1.82, 2.24) is 4.98 Å². The van der Waals surface area contributed by atoms with E-state index in [9.17, 15) is 10.1 Å². The molecule has 4 rings (SSSR count). The molecule has 7 nitrogen and oxygen atoms in total. The molecular weight excluding hydrogens is 496 g/mol. The van der Waals surface area contributed by atoms with Gasteiger partial charge in [-0.1, -0.05) is 54.1 Å². The summed E-state index contributed by atoms with van der Waals surface area (Å²) in [6, 6.07) is 20.5. The number of nitrogens with zero attached hydrogens (tertiary/aromatic N) is 3. The van der Waals surface area contributed by atoms with Crippen LogP contribution in [-0.4, -0.2) is 16.1 Å². The molecule has 0 aliphatic heterocycles. The number of aromatic nitrogens is 1. The van der Waals surface area contributed by atoms with Crippen LogP contribution in [0.3, 0.4) is 0 Å². The van der Waals surface area contributed by atoms with Crippen molar-refractivity contribution in [3.05, 3.63) is 104 Å². The Hall–Kier alpha value is -3.49. The molecule has 0 saturated heterocycles. The van der Waals surface area contributed by atoms with Gasteiger partial charge in [-0.25, -0.2) is 4.98 Å². The van der Waals surface area contributed by atoms with Gasteiger partial charge < -0.3 is 4.74 Å². The fourth-order valence-corrected chi connectivity index (χ4v) is 4.15. The van der Waals surface area contributed by atoms with E-state index in [4.69, 9.17) is 16.3 Å². The van der Waals surface area contributed by atoms with E-state index in [0.29, 0.717) is 27.4 Å². The van der Waals surface area contributed by atoms with Gasteiger partial charge in [-0.15, -0.1) is 0 Å². The number of fused-ring (bicyclic) bond motifs is 1. The quantitative estimate of drug-likeness (QED) is 0.172. The summed E-state index contributed by atoms with van der Waals surface area (Å²) >= 11 is 9.94. The molecule has 32 heavy (non-hydrogen) atoms. The number of hydrogen-bond donors (Lipinski definition) is 1. The summed E-state index contributed by atoms with van der Waals surface area (Å²) in [5.74, 6) is 0.569. The van der Waals surface area contributed by atoms with Crippen LogP contribution in [0.1, 0.15) is 11.1 Å². The molecule has 0 aliphatic rings. The van der Waals surface area contributed by atoms with E-state index in [1.165, 1.54) is 24.5 Å². The molecule has 1 heterocycles.